The molecule has 1 aromatic heterocycles. The summed E-state index contributed by atoms with van der Waals surface area (Å²) in [5.74, 6) is 0.267. The molecule has 1 aromatic carbocycles. The van der Waals surface area contributed by atoms with Crippen molar-refractivity contribution in [3.05, 3.63) is 47.9 Å². The maximum Gasteiger partial charge on any atom is 0.146 e. The van der Waals surface area contributed by atoms with Crippen LogP contribution in [0.2, 0.25) is 0 Å². The van der Waals surface area contributed by atoms with Crippen LogP contribution >= 0.6 is 0 Å². The highest BCUT2D eigenvalue weighted by atomic mass is 19.1. The fraction of sp³-hybridized carbons (Fsp3) is 0.0833. The van der Waals surface area contributed by atoms with Gasteiger partial charge in [-0.3, -0.25) is 0 Å². The van der Waals surface area contributed by atoms with Gasteiger partial charge in [0.05, 0.1) is 17.6 Å². The highest BCUT2D eigenvalue weighted by molar-refractivity contribution is 5.58. The maximum absolute atomic E-state index is 13.4. The number of benzene rings is 1. The van der Waals surface area contributed by atoms with Crippen LogP contribution in [0.3, 0.4) is 0 Å². The van der Waals surface area contributed by atoms with E-state index in [2.05, 4.69) is 10.3 Å². The number of aryl methyl sites for hydroxylation is 1. The Balaban J connectivity index is 2.26. The van der Waals surface area contributed by atoms with Crippen LogP contribution < -0.4 is 11.1 Å². The molecule has 0 unspecified atom stereocenters. The minimum absolute atomic E-state index is 0.302. The Bertz CT molecular complexity index is 494. The number of rotatable bonds is 2. The first kappa shape index (κ1) is 10.4. The largest absolute Gasteiger partial charge is 0.397 e. The van der Waals surface area contributed by atoms with E-state index in [9.17, 15) is 4.39 Å². The summed E-state index contributed by atoms with van der Waals surface area (Å²) in [6.07, 6.45) is 1.52. The molecule has 2 aromatic rings. The summed E-state index contributed by atoms with van der Waals surface area (Å²) in [7, 11) is 0. The number of anilines is 3. The van der Waals surface area contributed by atoms with Gasteiger partial charge in [-0.25, -0.2) is 9.37 Å². The van der Waals surface area contributed by atoms with Crippen molar-refractivity contribution in [3.63, 3.8) is 0 Å². The van der Waals surface area contributed by atoms with Crippen LogP contribution in [0.1, 0.15) is 5.56 Å². The zero-order valence-electron chi connectivity index (χ0n) is 8.87. The smallest absolute Gasteiger partial charge is 0.146 e. The number of hydrogen-bond acceptors (Lipinski definition) is 3. The van der Waals surface area contributed by atoms with Gasteiger partial charge >= 0.3 is 0 Å². The molecule has 0 fully saturated rings. The summed E-state index contributed by atoms with van der Waals surface area (Å²) in [6, 6.07) is 8.29. The predicted octanol–water partition coefficient (Wildman–Crippen LogP) is 2.85. The molecule has 0 saturated carbocycles. The average Bonchev–Trinajstić information content (AvgIpc) is 2.27. The van der Waals surface area contributed by atoms with Crippen molar-refractivity contribution in [3.8, 4) is 0 Å². The third-order valence-corrected chi connectivity index (χ3v) is 2.17. The van der Waals surface area contributed by atoms with Crippen molar-refractivity contribution in [2.24, 2.45) is 0 Å². The van der Waals surface area contributed by atoms with E-state index in [4.69, 9.17) is 5.73 Å². The van der Waals surface area contributed by atoms with Gasteiger partial charge < -0.3 is 11.1 Å². The van der Waals surface area contributed by atoms with Crippen LogP contribution in [-0.4, -0.2) is 4.98 Å². The van der Waals surface area contributed by atoms with E-state index in [1.807, 2.05) is 6.92 Å². The lowest BCUT2D eigenvalue weighted by Crippen LogP contribution is -1.97. The molecule has 0 saturated heterocycles. The summed E-state index contributed by atoms with van der Waals surface area (Å²) in [5.41, 5.74) is 7.49. The maximum atomic E-state index is 13.4. The average molecular weight is 217 g/mol. The quantitative estimate of drug-likeness (QED) is 0.813. The SMILES string of the molecule is Cc1ccc(F)c(Nc2ccc(N)cn2)c1. The van der Waals surface area contributed by atoms with E-state index >= 15 is 0 Å². The van der Waals surface area contributed by atoms with Gasteiger partial charge in [-0.15, -0.1) is 0 Å². The second-order valence-electron chi connectivity index (χ2n) is 3.59. The highest BCUT2D eigenvalue weighted by Gasteiger charge is 2.02. The van der Waals surface area contributed by atoms with Crippen molar-refractivity contribution in [1.82, 2.24) is 4.98 Å². The molecule has 4 heteroatoms. The van der Waals surface area contributed by atoms with Crippen LogP contribution in [0.4, 0.5) is 21.6 Å². The number of pyridine rings is 1. The number of nitrogens with one attached hydrogen (secondary N) is 1. The van der Waals surface area contributed by atoms with E-state index < -0.39 is 0 Å². The van der Waals surface area contributed by atoms with E-state index in [0.29, 0.717) is 17.2 Å². The lowest BCUT2D eigenvalue weighted by Gasteiger charge is -2.07. The first-order valence-corrected chi connectivity index (χ1v) is 4.90. The molecule has 0 bridgehead atoms. The minimum Gasteiger partial charge on any atom is -0.397 e. The lowest BCUT2D eigenvalue weighted by atomic mass is 10.2. The van der Waals surface area contributed by atoms with E-state index in [0.717, 1.165) is 5.56 Å². The fourth-order valence-corrected chi connectivity index (χ4v) is 1.35. The van der Waals surface area contributed by atoms with Crippen molar-refractivity contribution in [1.29, 1.82) is 0 Å². The molecule has 16 heavy (non-hydrogen) atoms. The van der Waals surface area contributed by atoms with Gasteiger partial charge in [-0.05, 0) is 36.8 Å². The van der Waals surface area contributed by atoms with Crippen LogP contribution in [0.5, 0.6) is 0 Å². The van der Waals surface area contributed by atoms with Crippen LogP contribution in [0.15, 0.2) is 36.5 Å². The number of aromatic nitrogens is 1. The second kappa shape index (κ2) is 4.18. The molecule has 3 N–H and O–H groups in total. The third-order valence-electron chi connectivity index (χ3n) is 2.17. The van der Waals surface area contributed by atoms with Gasteiger partial charge in [-0.2, -0.15) is 0 Å². The Morgan fingerprint density at radius 1 is 1.25 bits per heavy atom. The van der Waals surface area contributed by atoms with E-state index in [1.165, 1.54) is 12.3 Å². The molecule has 0 atom stereocenters. The van der Waals surface area contributed by atoms with Gasteiger partial charge in [0.1, 0.15) is 11.6 Å². The first-order chi connectivity index (χ1) is 7.65. The Kier molecular flexibility index (Phi) is 2.72. The van der Waals surface area contributed by atoms with Crippen molar-refractivity contribution < 1.29 is 4.39 Å². The van der Waals surface area contributed by atoms with Gasteiger partial charge in [-0.1, -0.05) is 6.07 Å². The van der Waals surface area contributed by atoms with Crippen molar-refractivity contribution in [2.45, 2.75) is 6.92 Å². The van der Waals surface area contributed by atoms with Crippen molar-refractivity contribution >= 4 is 17.2 Å². The third kappa shape index (κ3) is 2.28. The summed E-state index contributed by atoms with van der Waals surface area (Å²) in [4.78, 5) is 4.04. The molecular formula is C12H12FN3. The van der Waals surface area contributed by atoms with E-state index in [-0.39, 0.29) is 5.82 Å². The number of hydrogen-bond donors (Lipinski definition) is 2. The van der Waals surface area contributed by atoms with Gasteiger partial charge in [0.2, 0.25) is 0 Å². The minimum atomic E-state index is -0.302. The normalized spacial score (nSPS) is 10.1. The number of nitrogens with two attached hydrogens (primary N) is 1. The van der Waals surface area contributed by atoms with Gasteiger partial charge in [0.15, 0.2) is 0 Å². The standard InChI is InChI=1S/C12H12FN3/c1-8-2-4-10(13)11(6-8)16-12-5-3-9(14)7-15-12/h2-7H,14H2,1H3,(H,15,16). The summed E-state index contributed by atoms with van der Waals surface area (Å²) in [5, 5.41) is 2.90. The van der Waals surface area contributed by atoms with E-state index in [1.54, 1.807) is 24.3 Å². The van der Waals surface area contributed by atoms with Crippen LogP contribution in [0, 0.1) is 12.7 Å². The number of nitrogen functional groups attached to an aromatic ring is 1. The molecule has 0 amide bonds. The molecule has 3 nitrogen and oxygen atoms in total. The van der Waals surface area contributed by atoms with Crippen LogP contribution in [-0.2, 0) is 0 Å². The molecule has 0 aliphatic carbocycles. The summed E-state index contributed by atoms with van der Waals surface area (Å²) < 4.78 is 13.4. The van der Waals surface area contributed by atoms with Gasteiger partial charge in [0.25, 0.3) is 0 Å². The Morgan fingerprint density at radius 2 is 2.06 bits per heavy atom. The van der Waals surface area contributed by atoms with Gasteiger partial charge in [0, 0.05) is 0 Å². The molecular weight excluding hydrogens is 205 g/mol. The molecule has 0 radical (unpaired) electrons. The Hall–Kier alpha value is -2.10. The van der Waals surface area contributed by atoms with Crippen LogP contribution in [0.25, 0.3) is 0 Å². The second-order valence-corrected chi connectivity index (χ2v) is 3.59. The Labute approximate surface area is 93.1 Å². The monoisotopic (exact) mass is 217 g/mol. The summed E-state index contributed by atoms with van der Waals surface area (Å²) in [6.45, 7) is 1.90. The molecule has 2 rings (SSSR count). The highest BCUT2D eigenvalue weighted by Crippen LogP contribution is 2.20. The van der Waals surface area contributed by atoms with Crippen molar-refractivity contribution in [2.75, 3.05) is 11.1 Å². The summed E-state index contributed by atoms with van der Waals surface area (Å²) >= 11 is 0. The number of nitrogens with zero attached hydrogens (tertiary/aromatic N) is 1. The molecule has 0 aliphatic heterocycles. The predicted molar refractivity (Wildman–Crippen MR) is 63.1 cm³/mol. The molecule has 82 valence electrons. The first-order valence-electron chi connectivity index (χ1n) is 4.90. The Morgan fingerprint density at radius 3 is 2.75 bits per heavy atom. The molecule has 1 heterocycles. The molecule has 0 spiro atoms. The lowest BCUT2D eigenvalue weighted by molar-refractivity contribution is 0.631. The topological polar surface area (TPSA) is 50.9 Å². The molecule has 0 aliphatic rings. The zero-order valence-corrected chi connectivity index (χ0v) is 8.87. The fourth-order valence-electron chi connectivity index (χ4n) is 1.35. The zero-order chi connectivity index (χ0) is 11.5. The number of halogens is 1.